The van der Waals surface area contributed by atoms with E-state index >= 15 is 0 Å². The third kappa shape index (κ3) is 2.03. The summed E-state index contributed by atoms with van der Waals surface area (Å²) in [6.07, 6.45) is 4.74. The van der Waals surface area contributed by atoms with E-state index in [0.29, 0.717) is 6.29 Å². The zero-order valence-electron chi connectivity index (χ0n) is 8.09. The van der Waals surface area contributed by atoms with Crippen molar-refractivity contribution in [2.24, 2.45) is 0 Å². The van der Waals surface area contributed by atoms with E-state index < -0.39 is 0 Å². The van der Waals surface area contributed by atoms with Gasteiger partial charge in [-0.3, -0.25) is 4.79 Å². The average molecular weight is 261 g/mol. The molecule has 2 heteroatoms. The molecule has 0 aliphatic heterocycles. The Morgan fingerprint density at radius 3 is 3.07 bits per heavy atom. The average Bonchev–Trinajstić information content (AvgIpc) is 2.27. The van der Waals surface area contributed by atoms with E-state index in [1.54, 1.807) is 0 Å². The van der Waals surface area contributed by atoms with E-state index in [9.17, 15) is 4.79 Å². The third-order valence-electron chi connectivity index (χ3n) is 2.42. The van der Waals surface area contributed by atoms with E-state index in [1.807, 2.05) is 18.2 Å². The SMILES string of the molecule is O=CC#CC1=CCCc2c(Br)cccc21. The molecule has 0 amide bonds. The van der Waals surface area contributed by atoms with Crippen molar-refractivity contribution in [2.75, 3.05) is 0 Å². The van der Waals surface area contributed by atoms with Crippen LogP contribution in [-0.2, 0) is 11.2 Å². The van der Waals surface area contributed by atoms with Gasteiger partial charge in [0.1, 0.15) is 0 Å². The molecule has 0 unspecified atom stereocenters. The first-order valence-electron chi connectivity index (χ1n) is 4.76. The van der Waals surface area contributed by atoms with Gasteiger partial charge in [-0.1, -0.05) is 40.1 Å². The minimum absolute atomic E-state index is 0.632. The van der Waals surface area contributed by atoms with Crippen LogP contribution in [0.15, 0.2) is 28.7 Å². The van der Waals surface area contributed by atoms with Crippen molar-refractivity contribution < 1.29 is 4.79 Å². The standard InChI is InChI=1S/C13H9BrO/c14-13-8-2-6-11-10(5-3-9-15)4-1-7-12(11)13/h2,4,6,8-9H,1,7H2. The third-order valence-corrected chi connectivity index (χ3v) is 3.16. The van der Waals surface area contributed by atoms with Crippen LogP contribution >= 0.6 is 15.9 Å². The normalized spacial score (nSPS) is 13.3. The lowest BCUT2D eigenvalue weighted by molar-refractivity contribution is -0.103. The van der Waals surface area contributed by atoms with Gasteiger partial charge in [0.2, 0.25) is 0 Å². The number of fused-ring (bicyclic) bond motifs is 1. The topological polar surface area (TPSA) is 17.1 Å². The number of benzene rings is 1. The molecule has 1 nitrogen and oxygen atoms in total. The minimum Gasteiger partial charge on any atom is -0.289 e. The summed E-state index contributed by atoms with van der Waals surface area (Å²) in [6, 6.07) is 6.07. The molecular weight excluding hydrogens is 252 g/mol. The fourth-order valence-corrected chi connectivity index (χ4v) is 2.33. The van der Waals surface area contributed by atoms with Gasteiger partial charge in [-0.05, 0) is 36.0 Å². The minimum atomic E-state index is 0.632. The lowest BCUT2D eigenvalue weighted by atomic mass is 9.91. The van der Waals surface area contributed by atoms with Gasteiger partial charge in [-0.2, -0.15) is 0 Å². The molecule has 15 heavy (non-hydrogen) atoms. The summed E-state index contributed by atoms with van der Waals surface area (Å²) in [6.45, 7) is 0. The number of aldehydes is 1. The molecule has 0 heterocycles. The molecular formula is C13H9BrO. The van der Waals surface area contributed by atoms with Crippen LogP contribution < -0.4 is 0 Å². The highest BCUT2D eigenvalue weighted by Crippen LogP contribution is 2.31. The molecule has 0 spiro atoms. The van der Waals surface area contributed by atoms with Crippen molar-refractivity contribution in [3.8, 4) is 11.8 Å². The second-order valence-corrected chi connectivity index (χ2v) is 4.16. The van der Waals surface area contributed by atoms with Crippen LogP contribution in [0, 0.1) is 11.8 Å². The summed E-state index contributed by atoms with van der Waals surface area (Å²) in [5.41, 5.74) is 3.39. The van der Waals surface area contributed by atoms with Crippen LogP contribution in [0.4, 0.5) is 0 Å². The van der Waals surface area contributed by atoms with E-state index in [-0.39, 0.29) is 0 Å². The first kappa shape index (κ1) is 10.2. The Labute approximate surface area is 97.3 Å². The van der Waals surface area contributed by atoms with E-state index in [2.05, 4.69) is 33.8 Å². The summed E-state index contributed by atoms with van der Waals surface area (Å²) < 4.78 is 1.12. The quantitative estimate of drug-likeness (QED) is 0.518. The lowest BCUT2D eigenvalue weighted by Gasteiger charge is -2.15. The number of halogens is 1. The highest BCUT2D eigenvalue weighted by atomic mass is 79.9. The van der Waals surface area contributed by atoms with Gasteiger partial charge in [0, 0.05) is 10.0 Å². The number of carbonyl (C=O) groups is 1. The molecule has 0 atom stereocenters. The van der Waals surface area contributed by atoms with Crippen LogP contribution in [0.1, 0.15) is 17.5 Å². The summed E-state index contributed by atoms with van der Waals surface area (Å²) in [4.78, 5) is 10.2. The first-order chi connectivity index (χ1) is 7.33. The predicted molar refractivity (Wildman–Crippen MR) is 64.3 cm³/mol. The Morgan fingerprint density at radius 2 is 2.27 bits per heavy atom. The van der Waals surface area contributed by atoms with Gasteiger partial charge in [0.25, 0.3) is 0 Å². The molecule has 0 saturated heterocycles. The maximum absolute atomic E-state index is 10.2. The van der Waals surface area contributed by atoms with Gasteiger partial charge in [-0.25, -0.2) is 0 Å². The van der Waals surface area contributed by atoms with Crippen molar-refractivity contribution in [3.63, 3.8) is 0 Å². The molecule has 1 aromatic carbocycles. The molecule has 2 rings (SSSR count). The van der Waals surface area contributed by atoms with Crippen LogP contribution in [0.2, 0.25) is 0 Å². The zero-order chi connectivity index (χ0) is 10.7. The maximum atomic E-state index is 10.2. The lowest BCUT2D eigenvalue weighted by Crippen LogP contribution is -1.99. The molecule has 1 aromatic rings. The van der Waals surface area contributed by atoms with Crippen molar-refractivity contribution in [1.29, 1.82) is 0 Å². The first-order valence-corrected chi connectivity index (χ1v) is 5.55. The Hall–Kier alpha value is -1.33. The Balaban J connectivity index is 2.51. The summed E-state index contributed by atoms with van der Waals surface area (Å²) in [7, 11) is 0. The Morgan fingerprint density at radius 1 is 1.40 bits per heavy atom. The van der Waals surface area contributed by atoms with Crippen LogP contribution in [0.3, 0.4) is 0 Å². The summed E-state index contributed by atoms with van der Waals surface area (Å²) >= 11 is 3.53. The highest BCUT2D eigenvalue weighted by molar-refractivity contribution is 9.10. The monoisotopic (exact) mass is 260 g/mol. The van der Waals surface area contributed by atoms with Gasteiger partial charge >= 0.3 is 0 Å². The predicted octanol–water partition coefficient (Wildman–Crippen LogP) is 2.98. The Kier molecular flexibility index (Phi) is 3.03. The number of hydrogen-bond acceptors (Lipinski definition) is 1. The smallest absolute Gasteiger partial charge is 0.193 e. The molecule has 0 radical (unpaired) electrons. The second kappa shape index (κ2) is 4.46. The molecule has 74 valence electrons. The van der Waals surface area contributed by atoms with Crippen LogP contribution in [0.25, 0.3) is 5.57 Å². The van der Waals surface area contributed by atoms with Gasteiger partial charge in [0.05, 0.1) is 0 Å². The number of rotatable bonds is 0. The van der Waals surface area contributed by atoms with Gasteiger partial charge < -0.3 is 0 Å². The maximum Gasteiger partial charge on any atom is 0.193 e. The molecule has 0 aromatic heterocycles. The number of allylic oxidation sites excluding steroid dienone is 2. The molecule has 1 aliphatic rings. The van der Waals surface area contributed by atoms with Crippen LogP contribution in [-0.4, -0.2) is 6.29 Å². The highest BCUT2D eigenvalue weighted by Gasteiger charge is 2.12. The van der Waals surface area contributed by atoms with E-state index in [4.69, 9.17) is 0 Å². The number of hydrogen-bond donors (Lipinski definition) is 0. The second-order valence-electron chi connectivity index (χ2n) is 3.31. The van der Waals surface area contributed by atoms with Crippen molar-refractivity contribution in [2.45, 2.75) is 12.8 Å². The molecule has 0 fully saturated rings. The van der Waals surface area contributed by atoms with Crippen molar-refractivity contribution in [3.05, 3.63) is 39.9 Å². The molecule has 0 bridgehead atoms. The fourth-order valence-electron chi connectivity index (χ4n) is 1.76. The summed E-state index contributed by atoms with van der Waals surface area (Å²) in [5.74, 6) is 5.34. The van der Waals surface area contributed by atoms with Crippen molar-refractivity contribution >= 4 is 27.8 Å². The van der Waals surface area contributed by atoms with E-state index in [1.165, 1.54) is 5.56 Å². The largest absolute Gasteiger partial charge is 0.289 e. The fraction of sp³-hybridized carbons (Fsp3) is 0.154. The molecule has 0 saturated carbocycles. The van der Waals surface area contributed by atoms with E-state index in [0.717, 1.165) is 28.5 Å². The summed E-state index contributed by atoms with van der Waals surface area (Å²) in [5, 5.41) is 0. The number of carbonyl (C=O) groups excluding carboxylic acids is 1. The van der Waals surface area contributed by atoms with Crippen LogP contribution in [0.5, 0.6) is 0 Å². The van der Waals surface area contributed by atoms with Crippen molar-refractivity contribution in [1.82, 2.24) is 0 Å². The Bertz CT molecular complexity index is 489. The molecule has 1 aliphatic carbocycles. The zero-order valence-corrected chi connectivity index (χ0v) is 9.67. The van der Waals surface area contributed by atoms with Gasteiger partial charge in [0.15, 0.2) is 6.29 Å². The van der Waals surface area contributed by atoms with Gasteiger partial charge in [-0.15, -0.1) is 0 Å². The molecule has 0 N–H and O–H groups in total.